The number of nitrogens with zero attached hydrogens (tertiary/aromatic N) is 2. The number of nitrogens with one attached hydrogen (secondary N) is 2. The molecule has 1 atom stereocenters. The molecule has 0 fully saturated rings. The second kappa shape index (κ2) is 7.57. The lowest BCUT2D eigenvalue weighted by Crippen LogP contribution is -2.35. The third-order valence-corrected chi connectivity index (χ3v) is 4.58. The molecule has 7 nitrogen and oxygen atoms in total. The number of aryl methyl sites for hydroxylation is 2. The molecule has 142 valence electrons. The molecule has 3 rings (SSSR count). The van der Waals surface area contributed by atoms with Crippen LogP contribution in [0.15, 0.2) is 47.3 Å². The van der Waals surface area contributed by atoms with Gasteiger partial charge in [0.15, 0.2) is 5.75 Å². The maximum absolute atomic E-state index is 12.3. The Bertz CT molecular complexity index is 1020. The van der Waals surface area contributed by atoms with Crippen molar-refractivity contribution in [1.29, 1.82) is 0 Å². The molecule has 1 unspecified atom stereocenters. The number of urea groups is 1. The maximum atomic E-state index is 12.3. The molecule has 3 aromatic rings. The van der Waals surface area contributed by atoms with Crippen LogP contribution < -0.4 is 21.1 Å². The summed E-state index contributed by atoms with van der Waals surface area (Å²) in [7, 11) is 3.41. The van der Waals surface area contributed by atoms with Gasteiger partial charge in [0.05, 0.1) is 16.7 Å². The van der Waals surface area contributed by atoms with Gasteiger partial charge in [0, 0.05) is 26.2 Å². The molecule has 0 saturated heterocycles. The fourth-order valence-electron chi connectivity index (χ4n) is 2.81. The number of ether oxygens (including phenoxy) is 1. The third-order valence-electron chi connectivity index (χ3n) is 4.58. The number of benzene rings is 2. The Morgan fingerprint density at radius 1 is 1.11 bits per heavy atom. The summed E-state index contributed by atoms with van der Waals surface area (Å²) in [6.45, 7) is 3.94. The van der Waals surface area contributed by atoms with E-state index >= 15 is 0 Å². The Kier molecular flexibility index (Phi) is 5.21. The largest absolute Gasteiger partial charge is 0.455 e. The predicted octanol–water partition coefficient (Wildman–Crippen LogP) is 3.59. The Hall–Kier alpha value is -3.22. The number of rotatable bonds is 5. The van der Waals surface area contributed by atoms with Crippen LogP contribution in [0.4, 0.5) is 10.5 Å². The third kappa shape index (κ3) is 3.81. The minimum absolute atomic E-state index is 0.0494. The van der Waals surface area contributed by atoms with Crippen LogP contribution >= 0.6 is 0 Å². The minimum atomic E-state index is -0.317. The van der Waals surface area contributed by atoms with Crippen molar-refractivity contribution in [2.75, 3.05) is 5.32 Å². The first-order chi connectivity index (χ1) is 12.9. The number of hydrogen-bond donors (Lipinski definition) is 2. The second-order valence-electron chi connectivity index (χ2n) is 6.56. The zero-order chi connectivity index (χ0) is 19.6. The molecule has 0 aliphatic rings. The van der Waals surface area contributed by atoms with Crippen molar-refractivity contribution in [3.63, 3.8) is 0 Å². The van der Waals surface area contributed by atoms with Gasteiger partial charge in [-0.15, -0.1) is 0 Å². The number of para-hydroxylation sites is 1. The highest BCUT2D eigenvalue weighted by Crippen LogP contribution is 2.33. The number of carbonyl (C=O) groups excluding carboxylic acids is 1. The van der Waals surface area contributed by atoms with Gasteiger partial charge < -0.3 is 15.4 Å². The van der Waals surface area contributed by atoms with Crippen LogP contribution in [-0.4, -0.2) is 21.2 Å². The van der Waals surface area contributed by atoms with E-state index in [2.05, 4.69) is 10.6 Å². The molecule has 7 heteroatoms. The van der Waals surface area contributed by atoms with Crippen molar-refractivity contribution in [1.82, 2.24) is 14.5 Å². The lowest BCUT2D eigenvalue weighted by molar-refractivity contribution is 0.249. The van der Waals surface area contributed by atoms with Crippen molar-refractivity contribution < 1.29 is 9.53 Å². The van der Waals surface area contributed by atoms with Gasteiger partial charge in [0.1, 0.15) is 5.75 Å². The van der Waals surface area contributed by atoms with Gasteiger partial charge in [0.25, 0.3) is 0 Å². The van der Waals surface area contributed by atoms with Gasteiger partial charge in [-0.1, -0.05) is 25.1 Å². The first-order valence-corrected chi connectivity index (χ1v) is 8.90. The Labute approximate surface area is 157 Å². The summed E-state index contributed by atoms with van der Waals surface area (Å²) in [5, 5.41) is 5.71. The van der Waals surface area contributed by atoms with Crippen LogP contribution in [0.1, 0.15) is 20.3 Å². The Morgan fingerprint density at radius 2 is 1.74 bits per heavy atom. The first-order valence-electron chi connectivity index (χ1n) is 8.90. The van der Waals surface area contributed by atoms with E-state index in [4.69, 9.17) is 4.74 Å². The van der Waals surface area contributed by atoms with E-state index in [1.54, 1.807) is 35.4 Å². The van der Waals surface area contributed by atoms with E-state index in [1.165, 1.54) is 0 Å². The molecule has 2 aromatic carbocycles. The number of hydrogen-bond acceptors (Lipinski definition) is 3. The number of anilines is 1. The summed E-state index contributed by atoms with van der Waals surface area (Å²) >= 11 is 0. The molecule has 2 N–H and O–H groups in total. The standard InChI is InChI=1S/C20H24N4O3/c1-5-13(2)21-19(25)22-15-11-16-17(24(4)20(26)23(16)3)12-18(15)27-14-9-7-6-8-10-14/h6-13H,5H2,1-4H3,(H2,21,22,25). The van der Waals surface area contributed by atoms with E-state index in [-0.39, 0.29) is 17.8 Å². The highest BCUT2D eigenvalue weighted by Gasteiger charge is 2.16. The molecule has 0 spiro atoms. The average molecular weight is 368 g/mol. The van der Waals surface area contributed by atoms with E-state index in [0.717, 1.165) is 11.9 Å². The highest BCUT2D eigenvalue weighted by atomic mass is 16.5. The molecular formula is C20H24N4O3. The quantitative estimate of drug-likeness (QED) is 0.722. The molecule has 0 saturated carbocycles. The summed E-state index contributed by atoms with van der Waals surface area (Å²) in [5.74, 6) is 1.11. The fraction of sp³-hybridized carbons (Fsp3) is 0.300. The monoisotopic (exact) mass is 368 g/mol. The van der Waals surface area contributed by atoms with Crippen molar-refractivity contribution in [2.45, 2.75) is 26.3 Å². The topological polar surface area (TPSA) is 77.3 Å². The van der Waals surface area contributed by atoms with Crippen molar-refractivity contribution in [3.8, 4) is 11.5 Å². The molecular weight excluding hydrogens is 344 g/mol. The van der Waals surface area contributed by atoms with Gasteiger partial charge >= 0.3 is 11.7 Å². The first kappa shape index (κ1) is 18.6. The summed E-state index contributed by atoms with van der Waals surface area (Å²) in [6, 6.07) is 12.6. The average Bonchev–Trinajstić information content (AvgIpc) is 2.86. The van der Waals surface area contributed by atoms with Crippen molar-refractivity contribution >= 4 is 22.8 Å². The van der Waals surface area contributed by atoms with Crippen molar-refractivity contribution in [3.05, 3.63) is 52.9 Å². The number of amides is 2. The number of fused-ring (bicyclic) bond motifs is 1. The Morgan fingerprint density at radius 3 is 2.37 bits per heavy atom. The SMILES string of the molecule is CCC(C)NC(=O)Nc1cc2c(cc1Oc1ccccc1)n(C)c(=O)n2C. The van der Waals surface area contributed by atoms with Gasteiger partial charge in [-0.3, -0.25) is 9.13 Å². The molecule has 0 radical (unpaired) electrons. The number of carbonyl (C=O) groups is 1. The summed E-state index contributed by atoms with van der Waals surface area (Å²) in [5.41, 5.74) is 1.79. The predicted molar refractivity (Wildman–Crippen MR) is 107 cm³/mol. The van der Waals surface area contributed by atoms with Crippen LogP contribution in [0, 0.1) is 0 Å². The molecule has 1 aromatic heterocycles. The number of aromatic nitrogens is 2. The van der Waals surface area contributed by atoms with Crippen LogP contribution in [-0.2, 0) is 14.1 Å². The van der Waals surface area contributed by atoms with E-state index < -0.39 is 0 Å². The van der Waals surface area contributed by atoms with E-state index in [1.807, 2.05) is 44.2 Å². The van der Waals surface area contributed by atoms with E-state index in [0.29, 0.717) is 22.7 Å². The Balaban J connectivity index is 2.05. The second-order valence-corrected chi connectivity index (χ2v) is 6.56. The lowest BCUT2D eigenvalue weighted by Gasteiger charge is -2.16. The molecule has 1 heterocycles. The fourth-order valence-corrected chi connectivity index (χ4v) is 2.81. The number of imidazole rings is 1. The summed E-state index contributed by atoms with van der Waals surface area (Å²) in [6.07, 6.45) is 0.826. The van der Waals surface area contributed by atoms with Crippen LogP contribution in [0.3, 0.4) is 0 Å². The van der Waals surface area contributed by atoms with Crippen LogP contribution in [0.2, 0.25) is 0 Å². The highest BCUT2D eigenvalue weighted by molar-refractivity contribution is 5.95. The molecule has 0 aliphatic carbocycles. The molecule has 0 bridgehead atoms. The normalized spacial score (nSPS) is 12.0. The zero-order valence-electron chi connectivity index (χ0n) is 15.9. The minimum Gasteiger partial charge on any atom is -0.455 e. The van der Waals surface area contributed by atoms with Gasteiger partial charge in [-0.2, -0.15) is 0 Å². The van der Waals surface area contributed by atoms with E-state index in [9.17, 15) is 9.59 Å². The van der Waals surface area contributed by atoms with Crippen LogP contribution in [0.5, 0.6) is 11.5 Å². The maximum Gasteiger partial charge on any atom is 0.328 e. The van der Waals surface area contributed by atoms with Crippen LogP contribution in [0.25, 0.3) is 11.0 Å². The molecule has 2 amide bonds. The summed E-state index contributed by atoms with van der Waals surface area (Å²) < 4.78 is 9.08. The van der Waals surface area contributed by atoms with Gasteiger partial charge in [-0.25, -0.2) is 9.59 Å². The smallest absolute Gasteiger partial charge is 0.328 e. The van der Waals surface area contributed by atoms with Gasteiger partial charge in [-0.05, 0) is 31.5 Å². The lowest BCUT2D eigenvalue weighted by atomic mass is 10.2. The molecule has 27 heavy (non-hydrogen) atoms. The molecule has 0 aliphatic heterocycles. The van der Waals surface area contributed by atoms with Gasteiger partial charge in [0.2, 0.25) is 0 Å². The summed E-state index contributed by atoms with van der Waals surface area (Å²) in [4.78, 5) is 24.6. The van der Waals surface area contributed by atoms with Crippen molar-refractivity contribution in [2.24, 2.45) is 14.1 Å². The zero-order valence-corrected chi connectivity index (χ0v) is 15.9.